The number of carbonyl (C=O) groups excluding carboxylic acids is 3. The van der Waals surface area contributed by atoms with Crippen LogP contribution in [-0.4, -0.2) is 75.3 Å². The van der Waals surface area contributed by atoms with Crippen LogP contribution in [0.15, 0.2) is 66.9 Å². The molecule has 13 heteroatoms. The summed E-state index contributed by atoms with van der Waals surface area (Å²) < 4.78 is 26.6. The van der Waals surface area contributed by atoms with E-state index in [1.165, 1.54) is 21.8 Å². The molecule has 5 aromatic rings. The zero-order valence-electron chi connectivity index (χ0n) is 27.0. The van der Waals surface area contributed by atoms with E-state index in [1.807, 2.05) is 19.9 Å². The van der Waals surface area contributed by atoms with Crippen LogP contribution in [0.5, 0.6) is 11.5 Å². The Kier molecular flexibility index (Phi) is 7.26. The molecule has 0 aliphatic carbocycles. The SMILES string of the molecule is Cc1cc2cc(C(=O)c3cnn(-c4ccc(Oc5ccccc5F)cc4C)c3N)[nH]c2cc1N1C(=O)NC2(CCN(C3COC3)CC2)C1=O. The Balaban J connectivity index is 1.02. The van der Waals surface area contributed by atoms with E-state index in [4.69, 9.17) is 15.2 Å². The molecule has 5 heterocycles. The number of rotatable bonds is 7. The second-order valence-corrected chi connectivity index (χ2v) is 13.0. The Morgan fingerprint density at radius 1 is 1.02 bits per heavy atom. The van der Waals surface area contributed by atoms with Gasteiger partial charge in [-0.15, -0.1) is 0 Å². The van der Waals surface area contributed by atoms with Gasteiger partial charge >= 0.3 is 6.03 Å². The highest BCUT2D eigenvalue weighted by Gasteiger charge is 2.53. The first-order valence-corrected chi connectivity index (χ1v) is 16.2. The van der Waals surface area contributed by atoms with Crippen molar-refractivity contribution in [3.63, 3.8) is 0 Å². The summed E-state index contributed by atoms with van der Waals surface area (Å²) in [5.41, 5.74) is 9.18. The number of hydrogen-bond donors (Lipinski definition) is 3. The maximum atomic E-state index is 14.1. The minimum atomic E-state index is -0.931. The molecule has 4 N–H and O–H groups in total. The predicted molar refractivity (Wildman–Crippen MR) is 180 cm³/mol. The lowest BCUT2D eigenvalue weighted by Crippen LogP contribution is -2.59. The number of ketones is 1. The van der Waals surface area contributed by atoms with Gasteiger partial charge in [0.05, 0.1) is 48.1 Å². The van der Waals surface area contributed by atoms with E-state index < -0.39 is 17.4 Å². The third-order valence-corrected chi connectivity index (χ3v) is 9.89. The number of ether oxygens (including phenoxy) is 2. The molecule has 250 valence electrons. The molecule has 0 radical (unpaired) electrons. The number of nitrogens with two attached hydrogens (primary N) is 1. The number of nitrogens with zero attached hydrogens (tertiary/aromatic N) is 4. The number of likely N-dealkylation sites (tertiary alicyclic amines) is 1. The number of halogens is 1. The molecule has 8 rings (SSSR count). The number of hydrogen-bond acceptors (Lipinski definition) is 8. The number of piperidine rings is 1. The Morgan fingerprint density at radius 2 is 1.78 bits per heavy atom. The number of carbonyl (C=O) groups is 3. The van der Waals surface area contributed by atoms with Gasteiger partial charge < -0.3 is 25.5 Å². The lowest BCUT2D eigenvalue weighted by atomic mass is 9.86. The zero-order chi connectivity index (χ0) is 34.0. The number of nitrogens with one attached hydrogen (secondary N) is 2. The average molecular weight is 664 g/mol. The molecule has 0 unspecified atom stereocenters. The molecule has 0 atom stereocenters. The van der Waals surface area contributed by atoms with E-state index >= 15 is 0 Å². The summed E-state index contributed by atoms with van der Waals surface area (Å²) >= 11 is 0. The van der Waals surface area contributed by atoms with Crippen molar-refractivity contribution in [2.75, 3.05) is 36.9 Å². The standard InChI is InChI=1S/C36H34FN7O5/c1-20-13-22-15-28(40-27(22)16-30(20)43-34(46)36(41-35(43)47)9-11-42(12-10-36)23-18-48-19-23)32(45)25-17-39-44(33(25)38)29-8-7-24(14-21(29)2)49-31-6-4-3-5-26(31)37/h3-8,13-17,23,40H,9-12,18-19,38H2,1-2H3,(H,41,47). The molecule has 3 amide bonds. The number of aromatic amines is 1. The van der Waals surface area contributed by atoms with Gasteiger partial charge in [-0.3, -0.25) is 14.5 Å². The maximum absolute atomic E-state index is 14.1. The topological polar surface area (TPSA) is 148 Å². The molecular formula is C36H34FN7O5. The molecule has 3 fully saturated rings. The molecule has 0 bridgehead atoms. The normalized spacial score (nSPS) is 17.9. The smallest absolute Gasteiger partial charge is 0.329 e. The highest BCUT2D eigenvalue weighted by molar-refractivity contribution is 6.24. The van der Waals surface area contributed by atoms with Gasteiger partial charge in [-0.1, -0.05) is 12.1 Å². The number of H-pyrrole nitrogens is 1. The number of anilines is 2. The van der Waals surface area contributed by atoms with Crippen molar-refractivity contribution in [2.45, 2.75) is 38.3 Å². The number of para-hydroxylation sites is 1. The van der Waals surface area contributed by atoms with Gasteiger partial charge in [0.25, 0.3) is 5.91 Å². The van der Waals surface area contributed by atoms with Crippen molar-refractivity contribution in [2.24, 2.45) is 0 Å². The highest BCUT2D eigenvalue weighted by atomic mass is 19.1. The van der Waals surface area contributed by atoms with Crippen LogP contribution in [0.2, 0.25) is 0 Å². The minimum Gasteiger partial charge on any atom is -0.454 e. The van der Waals surface area contributed by atoms with Gasteiger partial charge in [-0.2, -0.15) is 5.10 Å². The molecule has 3 aliphatic rings. The first kappa shape index (κ1) is 30.8. The van der Waals surface area contributed by atoms with Crippen molar-refractivity contribution in [1.29, 1.82) is 0 Å². The lowest BCUT2D eigenvalue weighted by molar-refractivity contribution is -0.125. The molecule has 0 saturated carbocycles. The number of urea groups is 1. The van der Waals surface area contributed by atoms with E-state index in [1.54, 1.807) is 48.5 Å². The molecule has 3 aromatic carbocycles. The molecule has 12 nitrogen and oxygen atoms in total. The molecule has 49 heavy (non-hydrogen) atoms. The van der Waals surface area contributed by atoms with E-state index in [-0.39, 0.29) is 34.5 Å². The number of nitrogen functional groups attached to an aromatic ring is 1. The van der Waals surface area contributed by atoms with Gasteiger partial charge in [0.1, 0.15) is 17.1 Å². The van der Waals surface area contributed by atoms with Gasteiger partial charge in [0, 0.05) is 24.0 Å². The number of amides is 3. The van der Waals surface area contributed by atoms with Crippen molar-refractivity contribution >= 4 is 40.1 Å². The first-order chi connectivity index (χ1) is 23.6. The van der Waals surface area contributed by atoms with Crippen LogP contribution in [0.3, 0.4) is 0 Å². The largest absolute Gasteiger partial charge is 0.454 e. The highest BCUT2D eigenvalue weighted by Crippen LogP contribution is 2.37. The lowest BCUT2D eigenvalue weighted by Gasteiger charge is -2.43. The molecule has 3 saturated heterocycles. The number of imide groups is 1. The van der Waals surface area contributed by atoms with E-state index in [0.717, 1.165) is 16.5 Å². The summed E-state index contributed by atoms with van der Waals surface area (Å²) in [5.74, 6) is -0.399. The molecule has 3 aliphatic heterocycles. The second-order valence-electron chi connectivity index (χ2n) is 13.0. The third kappa shape index (κ3) is 5.13. The van der Waals surface area contributed by atoms with Crippen molar-refractivity contribution in [3.8, 4) is 17.2 Å². The summed E-state index contributed by atoms with van der Waals surface area (Å²) in [7, 11) is 0. The van der Waals surface area contributed by atoms with Crippen LogP contribution in [-0.2, 0) is 9.53 Å². The molecule has 2 aromatic heterocycles. The predicted octanol–water partition coefficient (Wildman–Crippen LogP) is 5.00. The Hall–Kier alpha value is -5.53. The summed E-state index contributed by atoms with van der Waals surface area (Å²) in [6, 6.07) is 16.5. The van der Waals surface area contributed by atoms with Crippen molar-refractivity contribution in [3.05, 3.63) is 95.1 Å². The zero-order valence-corrected chi connectivity index (χ0v) is 27.0. The second kappa shape index (κ2) is 11.6. The van der Waals surface area contributed by atoms with Crippen LogP contribution >= 0.6 is 0 Å². The van der Waals surface area contributed by atoms with Crippen LogP contribution in [0.25, 0.3) is 16.6 Å². The van der Waals surface area contributed by atoms with Gasteiger partial charge in [-0.05, 0) is 86.3 Å². The summed E-state index contributed by atoms with van der Waals surface area (Å²) in [6.07, 6.45) is 2.49. The van der Waals surface area contributed by atoms with Crippen molar-refractivity contribution < 1.29 is 28.2 Å². The quantitative estimate of drug-likeness (QED) is 0.163. The molecule has 1 spiro atoms. The van der Waals surface area contributed by atoms with Crippen LogP contribution < -0.4 is 20.7 Å². The molecular weight excluding hydrogens is 629 g/mol. The van der Waals surface area contributed by atoms with Gasteiger partial charge in [0.2, 0.25) is 5.78 Å². The van der Waals surface area contributed by atoms with Gasteiger partial charge in [-0.25, -0.2) is 18.8 Å². The maximum Gasteiger partial charge on any atom is 0.329 e. The van der Waals surface area contributed by atoms with Crippen molar-refractivity contribution in [1.82, 2.24) is 25.0 Å². The number of aryl methyl sites for hydroxylation is 2. The Labute approximate surface area is 280 Å². The average Bonchev–Trinajstić information content (AvgIpc) is 3.71. The third-order valence-electron chi connectivity index (χ3n) is 9.89. The summed E-state index contributed by atoms with van der Waals surface area (Å²) in [6.45, 7) is 6.51. The van der Waals surface area contributed by atoms with E-state index in [0.29, 0.717) is 67.8 Å². The van der Waals surface area contributed by atoms with E-state index in [9.17, 15) is 18.8 Å². The summed E-state index contributed by atoms with van der Waals surface area (Å²) in [4.78, 5) is 47.5. The minimum absolute atomic E-state index is 0.108. The number of aromatic nitrogens is 3. The number of benzene rings is 3. The van der Waals surface area contributed by atoms with Crippen LogP contribution in [0, 0.1) is 19.7 Å². The van der Waals surface area contributed by atoms with Gasteiger partial charge in [0.15, 0.2) is 11.6 Å². The fourth-order valence-corrected chi connectivity index (χ4v) is 6.98. The number of fused-ring (bicyclic) bond motifs is 1. The fraction of sp³-hybridized carbons (Fsp3) is 0.278. The summed E-state index contributed by atoms with van der Waals surface area (Å²) in [5, 5.41) is 8.13. The Bertz CT molecular complexity index is 2160. The monoisotopic (exact) mass is 663 g/mol. The first-order valence-electron chi connectivity index (χ1n) is 16.2. The Morgan fingerprint density at radius 3 is 2.49 bits per heavy atom. The van der Waals surface area contributed by atoms with Crippen LogP contribution in [0.4, 0.5) is 20.7 Å². The van der Waals surface area contributed by atoms with E-state index in [2.05, 4.69) is 20.3 Å². The fourth-order valence-electron chi connectivity index (χ4n) is 6.98. The van der Waals surface area contributed by atoms with Crippen LogP contribution in [0.1, 0.15) is 40.0 Å².